The minimum atomic E-state index is 1.13. The van der Waals surface area contributed by atoms with E-state index < -0.39 is 0 Å². The molecule has 230 valence electrons. The predicted molar refractivity (Wildman–Crippen MR) is 215 cm³/mol. The molecule has 2 aromatic heterocycles. The molecule has 0 saturated heterocycles. The third-order valence-electron chi connectivity index (χ3n) is 9.62. The fraction of sp³-hybridized carbons (Fsp3) is 0. The fourth-order valence-electron chi connectivity index (χ4n) is 7.22. The lowest BCUT2D eigenvalue weighted by atomic mass is 9.99. The van der Waals surface area contributed by atoms with E-state index in [1.807, 2.05) is 22.7 Å². The van der Waals surface area contributed by atoms with Crippen LogP contribution in [-0.4, -0.2) is 0 Å². The lowest BCUT2D eigenvalue weighted by Gasteiger charge is -2.27. The molecule has 0 saturated carbocycles. The molecule has 3 heteroatoms. The van der Waals surface area contributed by atoms with Crippen molar-refractivity contribution in [1.82, 2.24) is 0 Å². The number of fused-ring (bicyclic) bond motifs is 7. The van der Waals surface area contributed by atoms with E-state index in [2.05, 4.69) is 181 Å². The summed E-state index contributed by atoms with van der Waals surface area (Å²) in [5.41, 5.74) is 8.23. The monoisotopic (exact) mass is 659 g/mol. The first-order valence-electron chi connectivity index (χ1n) is 16.6. The van der Waals surface area contributed by atoms with E-state index in [9.17, 15) is 0 Å². The zero-order chi connectivity index (χ0) is 32.3. The van der Waals surface area contributed by atoms with Crippen LogP contribution in [0.25, 0.3) is 73.4 Å². The molecule has 8 aromatic carbocycles. The van der Waals surface area contributed by atoms with E-state index in [1.165, 1.54) is 73.4 Å². The summed E-state index contributed by atoms with van der Waals surface area (Å²) in [7, 11) is 0. The van der Waals surface area contributed by atoms with Crippen molar-refractivity contribution in [2.24, 2.45) is 0 Å². The predicted octanol–water partition coefficient (Wildman–Crippen LogP) is 14.4. The van der Waals surface area contributed by atoms with Crippen LogP contribution in [0, 0.1) is 0 Å². The molecule has 0 aliphatic rings. The van der Waals surface area contributed by atoms with Gasteiger partial charge >= 0.3 is 0 Å². The molecule has 1 nitrogen and oxygen atoms in total. The lowest BCUT2D eigenvalue weighted by molar-refractivity contribution is 1.29. The number of benzene rings is 8. The third-order valence-corrected chi connectivity index (χ3v) is 11.9. The number of hydrogen-bond acceptors (Lipinski definition) is 3. The summed E-state index contributed by atoms with van der Waals surface area (Å²) in [4.78, 5) is 2.42. The Kier molecular flexibility index (Phi) is 6.61. The van der Waals surface area contributed by atoms with Crippen LogP contribution >= 0.6 is 22.7 Å². The fourth-order valence-corrected chi connectivity index (χ4v) is 9.40. The van der Waals surface area contributed by atoms with Crippen LogP contribution in [0.2, 0.25) is 0 Å². The topological polar surface area (TPSA) is 3.24 Å². The number of nitrogens with zero attached hydrogens (tertiary/aromatic N) is 1. The highest BCUT2D eigenvalue weighted by molar-refractivity contribution is 7.26. The van der Waals surface area contributed by atoms with Crippen molar-refractivity contribution >= 4 is 90.9 Å². The van der Waals surface area contributed by atoms with E-state index in [0.29, 0.717) is 0 Å². The van der Waals surface area contributed by atoms with Crippen LogP contribution in [0.5, 0.6) is 0 Å². The molecule has 0 spiro atoms. The zero-order valence-corrected chi connectivity index (χ0v) is 28.1. The van der Waals surface area contributed by atoms with Gasteiger partial charge in [0.1, 0.15) is 0 Å². The smallest absolute Gasteiger partial charge is 0.0468 e. The van der Waals surface area contributed by atoms with Gasteiger partial charge in [-0.1, -0.05) is 103 Å². The van der Waals surface area contributed by atoms with Crippen molar-refractivity contribution in [1.29, 1.82) is 0 Å². The average Bonchev–Trinajstić information content (AvgIpc) is 3.73. The number of rotatable bonds is 5. The quantitative estimate of drug-likeness (QED) is 0.178. The molecule has 2 heterocycles. The van der Waals surface area contributed by atoms with Gasteiger partial charge in [-0.05, 0) is 106 Å². The molecule has 0 N–H and O–H groups in total. The van der Waals surface area contributed by atoms with E-state index in [4.69, 9.17) is 0 Å². The Labute approximate surface area is 292 Å². The maximum atomic E-state index is 2.42. The van der Waals surface area contributed by atoms with E-state index in [-0.39, 0.29) is 0 Å². The summed E-state index contributed by atoms with van der Waals surface area (Å²) < 4.78 is 5.28. The van der Waals surface area contributed by atoms with Gasteiger partial charge in [0, 0.05) is 57.4 Å². The van der Waals surface area contributed by atoms with E-state index in [0.717, 1.165) is 17.1 Å². The lowest BCUT2D eigenvalue weighted by Crippen LogP contribution is -2.10. The summed E-state index contributed by atoms with van der Waals surface area (Å²) in [6, 6.07) is 64.6. The molecule has 49 heavy (non-hydrogen) atoms. The molecule has 0 aliphatic carbocycles. The normalized spacial score (nSPS) is 11.7. The summed E-state index contributed by atoms with van der Waals surface area (Å²) >= 11 is 3.72. The standard InChI is InChI=1S/C46H29NS2/c1-2-10-31-25-34(20-19-30(31)9-1)32-11-7-13-36(26-32)47(38-22-24-46-42(29-38)40-16-4-6-18-44(40)49-46)37-14-8-12-33(27-37)35-21-23-45-41(28-35)39-15-3-5-17-43(39)48-45/h1-29H. The first-order chi connectivity index (χ1) is 24.2. The summed E-state index contributed by atoms with van der Waals surface area (Å²) in [5, 5.41) is 7.74. The first kappa shape index (κ1) is 28.3. The van der Waals surface area contributed by atoms with Gasteiger partial charge in [-0.2, -0.15) is 0 Å². The van der Waals surface area contributed by atoms with Gasteiger partial charge in [0.25, 0.3) is 0 Å². The van der Waals surface area contributed by atoms with Crippen molar-refractivity contribution in [3.8, 4) is 22.3 Å². The van der Waals surface area contributed by atoms with E-state index >= 15 is 0 Å². The molecule has 0 atom stereocenters. The number of hydrogen-bond donors (Lipinski definition) is 0. The maximum Gasteiger partial charge on any atom is 0.0468 e. The SMILES string of the molecule is c1cc(-c2ccc3ccccc3c2)cc(N(c2cccc(-c3ccc4sc5ccccc5c4c3)c2)c2ccc3sc4ccccc4c3c2)c1. The Balaban J connectivity index is 1.14. The highest BCUT2D eigenvalue weighted by atomic mass is 32.1. The van der Waals surface area contributed by atoms with Crippen LogP contribution < -0.4 is 4.90 Å². The first-order valence-corrected chi connectivity index (χ1v) is 18.2. The minimum Gasteiger partial charge on any atom is -0.310 e. The van der Waals surface area contributed by atoms with Gasteiger partial charge < -0.3 is 4.90 Å². The second-order valence-electron chi connectivity index (χ2n) is 12.6. The summed E-state index contributed by atoms with van der Waals surface area (Å²) in [5.74, 6) is 0. The van der Waals surface area contributed by atoms with E-state index in [1.54, 1.807) is 0 Å². The molecule has 0 unspecified atom stereocenters. The molecular formula is C46H29NS2. The molecular weight excluding hydrogens is 631 g/mol. The second-order valence-corrected chi connectivity index (χ2v) is 14.8. The van der Waals surface area contributed by atoms with Crippen molar-refractivity contribution in [3.05, 3.63) is 176 Å². The number of anilines is 3. The number of thiophene rings is 2. The Morgan fingerprint density at radius 2 is 0.776 bits per heavy atom. The van der Waals surface area contributed by atoms with Gasteiger partial charge in [-0.15, -0.1) is 22.7 Å². The van der Waals surface area contributed by atoms with Crippen molar-refractivity contribution in [2.45, 2.75) is 0 Å². The molecule has 10 aromatic rings. The Hall–Kier alpha value is -5.74. The highest BCUT2D eigenvalue weighted by Gasteiger charge is 2.17. The summed E-state index contributed by atoms with van der Waals surface area (Å²) in [6.07, 6.45) is 0. The van der Waals surface area contributed by atoms with Crippen molar-refractivity contribution in [3.63, 3.8) is 0 Å². The van der Waals surface area contributed by atoms with Gasteiger partial charge in [0.2, 0.25) is 0 Å². The minimum absolute atomic E-state index is 1.13. The van der Waals surface area contributed by atoms with Gasteiger partial charge in [-0.3, -0.25) is 0 Å². The Morgan fingerprint density at radius 3 is 1.47 bits per heavy atom. The molecule has 0 radical (unpaired) electrons. The zero-order valence-electron chi connectivity index (χ0n) is 26.5. The van der Waals surface area contributed by atoms with Crippen LogP contribution in [-0.2, 0) is 0 Å². The highest BCUT2D eigenvalue weighted by Crippen LogP contribution is 2.43. The van der Waals surface area contributed by atoms with Gasteiger partial charge in [0.15, 0.2) is 0 Å². The summed E-state index contributed by atoms with van der Waals surface area (Å²) in [6.45, 7) is 0. The largest absolute Gasteiger partial charge is 0.310 e. The van der Waals surface area contributed by atoms with Crippen LogP contribution in [0.15, 0.2) is 176 Å². The molecule has 10 rings (SSSR count). The van der Waals surface area contributed by atoms with Crippen LogP contribution in [0.3, 0.4) is 0 Å². The van der Waals surface area contributed by atoms with Crippen molar-refractivity contribution in [2.75, 3.05) is 4.90 Å². The molecule has 0 bridgehead atoms. The van der Waals surface area contributed by atoms with Gasteiger partial charge in [0.05, 0.1) is 0 Å². The van der Waals surface area contributed by atoms with Crippen LogP contribution in [0.4, 0.5) is 17.1 Å². The maximum absolute atomic E-state index is 2.42. The molecule has 0 fully saturated rings. The molecule has 0 aliphatic heterocycles. The van der Waals surface area contributed by atoms with Gasteiger partial charge in [-0.25, -0.2) is 0 Å². The Morgan fingerprint density at radius 1 is 0.286 bits per heavy atom. The Bertz CT molecular complexity index is 2860. The molecule has 0 amide bonds. The second kappa shape index (κ2) is 11.5. The third kappa shape index (κ3) is 4.90. The van der Waals surface area contributed by atoms with Crippen LogP contribution in [0.1, 0.15) is 0 Å². The van der Waals surface area contributed by atoms with Crippen molar-refractivity contribution < 1.29 is 0 Å². The average molecular weight is 660 g/mol.